The lowest BCUT2D eigenvalue weighted by molar-refractivity contribution is 0.306. The highest BCUT2D eigenvalue weighted by Gasteiger charge is 2.03. The summed E-state index contributed by atoms with van der Waals surface area (Å²) in [6.07, 6.45) is 3.28. The van der Waals surface area contributed by atoms with Crippen molar-refractivity contribution in [2.45, 2.75) is 19.6 Å². The molecule has 21 heavy (non-hydrogen) atoms. The molecule has 0 aliphatic carbocycles. The van der Waals surface area contributed by atoms with Crippen LogP contribution in [0, 0.1) is 0 Å². The van der Waals surface area contributed by atoms with Gasteiger partial charge in [0.15, 0.2) is 0 Å². The fraction of sp³-hybridized carbons (Fsp3) is 0.222. The summed E-state index contributed by atoms with van der Waals surface area (Å²) in [6.45, 7) is 1.65. The number of rotatable bonds is 6. The van der Waals surface area contributed by atoms with E-state index in [2.05, 4.69) is 63.1 Å². The maximum absolute atomic E-state index is 5.87. The monoisotopic (exact) mass is 343 g/mol. The Labute approximate surface area is 133 Å². The second kappa shape index (κ2) is 6.81. The molecule has 2 nitrogen and oxygen atoms in total. The Morgan fingerprint density at radius 2 is 1.86 bits per heavy atom. The number of halogens is 1. The van der Waals surface area contributed by atoms with E-state index < -0.39 is 0 Å². The van der Waals surface area contributed by atoms with Gasteiger partial charge in [0.05, 0.1) is 0 Å². The van der Waals surface area contributed by atoms with E-state index in [1.807, 2.05) is 18.2 Å². The lowest BCUT2D eigenvalue weighted by atomic mass is 10.2. The first-order chi connectivity index (χ1) is 10.4. The molecule has 0 saturated carbocycles. The van der Waals surface area contributed by atoms with Gasteiger partial charge in [0, 0.05) is 29.0 Å². The molecule has 0 unspecified atom stereocenters. The van der Waals surface area contributed by atoms with E-state index in [1.54, 1.807) is 0 Å². The topological polar surface area (TPSA) is 14.2 Å². The molecule has 0 aliphatic heterocycles. The minimum atomic E-state index is 0.608. The highest BCUT2D eigenvalue weighted by molar-refractivity contribution is 9.09. The van der Waals surface area contributed by atoms with Gasteiger partial charge >= 0.3 is 0 Å². The molecule has 3 rings (SSSR count). The SMILES string of the molecule is BrCCCn1ccc2cc(OCc3ccccc3)ccc21. The van der Waals surface area contributed by atoms with Crippen LogP contribution in [0.3, 0.4) is 0 Å². The van der Waals surface area contributed by atoms with E-state index in [0.717, 1.165) is 24.0 Å². The van der Waals surface area contributed by atoms with Crippen molar-refractivity contribution < 1.29 is 4.74 Å². The standard InChI is InChI=1S/C18H18BrNO/c19-10-4-11-20-12-9-16-13-17(7-8-18(16)20)21-14-15-5-2-1-3-6-15/h1-3,5-9,12-13H,4,10-11,14H2. The average Bonchev–Trinajstić information content (AvgIpc) is 2.94. The number of benzene rings is 2. The summed E-state index contributed by atoms with van der Waals surface area (Å²) in [4.78, 5) is 0. The Morgan fingerprint density at radius 1 is 1.00 bits per heavy atom. The largest absolute Gasteiger partial charge is 0.489 e. The van der Waals surface area contributed by atoms with Crippen LogP contribution in [-0.2, 0) is 13.2 Å². The van der Waals surface area contributed by atoms with E-state index in [9.17, 15) is 0 Å². The van der Waals surface area contributed by atoms with E-state index in [0.29, 0.717) is 6.61 Å². The zero-order valence-corrected chi connectivity index (χ0v) is 13.4. The lowest BCUT2D eigenvalue weighted by Gasteiger charge is -2.08. The van der Waals surface area contributed by atoms with Crippen LogP contribution in [0.1, 0.15) is 12.0 Å². The van der Waals surface area contributed by atoms with Crippen molar-refractivity contribution in [1.82, 2.24) is 4.57 Å². The molecule has 3 aromatic rings. The summed E-state index contributed by atoms with van der Waals surface area (Å²) in [5.41, 5.74) is 2.45. The molecule has 0 radical (unpaired) electrons. The number of fused-ring (bicyclic) bond motifs is 1. The molecule has 108 valence electrons. The van der Waals surface area contributed by atoms with Crippen molar-refractivity contribution in [2.75, 3.05) is 5.33 Å². The molecule has 0 amide bonds. The second-order valence-electron chi connectivity index (χ2n) is 5.05. The molecule has 0 aliphatic rings. The van der Waals surface area contributed by atoms with Gasteiger partial charge in [-0.1, -0.05) is 46.3 Å². The van der Waals surface area contributed by atoms with Crippen LogP contribution in [-0.4, -0.2) is 9.90 Å². The van der Waals surface area contributed by atoms with Crippen molar-refractivity contribution >= 4 is 26.8 Å². The van der Waals surface area contributed by atoms with Crippen LogP contribution in [0.5, 0.6) is 5.75 Å². The Morgan fingerprint density at radius 3 is 2.67 bits per heavy atom. The van der Waals surface area contributed by atoms with Crippen LogP contribution >= 0.6 is 15.9 Å². The van der Waals surface area contributed by atoms with Crippen LogP contribution < -0.4 is 4.74 Å². The molecule has 0 saturated heterocycles. The Bertz CT molecular complexity index is 706. The minimum absolute atomic E-state index is 0.608. The van der Waals surface area contributed by atoms with Gasteiger partial charge in [0.25, 0.3) is 0 Å². The summed E-state index contributed by atoms with van der Waals surface area (Å²) in [5, 5.41) is 2.26. The zero-order valence-electron chi connectivity index (χ0n) is 11.8. The Hall–Kier alpha value is -1.74. The third-order valence-corrected chi connectivity index (χ3v) is 4.08. The third kappa shape index (κ3) is 3.48. The normalized spacial score (nSPS) is 10.9. The quantitative estimate of drug-likeness (QED) is 0.574. The van der Waals surface area contributed by atoms with Crippen LogP contribution in [0.15, 0.2) is 60.8 Å². The second-order valence-corrected chi connectivity index (χ2v) is 5.84. The molecule has 1 aromatic heterocycles. The fourth-order valence-electron chi connectivity index (χ4n) is 2.43. The van der Waals surface area contributed by atoms with Crippen LogP contribution in [0.25, 0.3) is 10.9 Å². The summed E-state index contributed by atoms with van der Waals surface area (Å²) in [5.74, 6) is 0.921. The van der Waals surface area contributed by atoms with Gasteiger partial charge < -0.3 is 9.30 Å². The van der Waals surface area contributed by atoms with Crippen molar-refractivity contribution in [3.8, 4) is 5.75 Å². The zero-order chi connectivity index (χ0) is 14.5. The first-order valence-corrected chi connectivity index (χ1v) is 8.30. The Balaban J connectivity index is 1.72. The number of hydrogen-bond acceptors (Lipinski definition) is 1. The van der Waals surface area contributed by atoms with E-state index >= 15 is 0 Å². The molecule has 0 atom stereocenters. The first kappa shape index (κ1) is 14.2. The summed E-state index contributed by atoms with van der Waals surface area (Å²) in [7, 11) is 0. The molecule has 0 N–H and O–H groups in total. The summed E-state index contributed by atoms with van der Waals surface area (Å²) in [6, 6.07) is 18.7. The number of aromatic nitrogens is 1. The molecule has 1 heterocycles. The molecular weight excluding hydrogens is 326 g/mol. The van der Waals surface area contributed by atoms with E-state index in [-0.39, 0.29) is 0 Å². The number of hydrogen-bond donors (Lipinski definition) is 0. The van der Waals surface area contributed by atoms with Gasteiger partial charge in [-0.15, -0.1) is 0 Å². The predicted octanol–water partition coefficient (Wildman–Crippen LogP) is 5.01. The van der Waals surface area contributed by atoms with Gasteiger partial charge in [-0.2, -0.15) is 0 Å². The predicted molar refractivity (Wildman–Crippen MR) is 91.1 cm³/mol. The smallest absolute Gasteiger partial charge is 0.120 e. The average molecular weight is 344 g/mol. The highest BCUT2D eigenvalue weighted by Crippen LogP contribution is 2.23. The highest BCUT2D eigenvalue weighted by atomic mass is 79.9. The van der Waals surface area contributed by atoms with Gasteiger partial charge in [0.2, 0.25) is 0 Å². The summed E-state index contributed by atoms with van der Waals surface area (Å²) >= 11 is 3.48. The minimum Gasteiger partial charge on any atom is -0.489 e. The van der Waals surface area contributed by atoms with Crippen molar-refractivity contribution in [2.24, 2.45) is 0 Å². The number of ether oxygens (including phenoxy) is 1. The lowest BCUT2D eigenvalue weighted by Crippen LogP contribution is -1.97. The van der Waals surface area contributed by atoms with Crippen LogP contribution in [0.2, 0.25) is 0 Å². The van der Waals surface area contributed by atoms with Gasteiger partial charge in [-0.3, -0.25) is 0 Å². The maximum Gasteiger partial charge on any atom is 0.120 e. The van der Waals surface area contributed by atoms with Crippen molar-refractivity contribution in [3.63, 3.8) is 0 Å². The van der Waals surface area contributed by atoms with Crippen molar-refractivity contribution in [3.05, 3.63) is 66.4 Å². The van der Waals surface area contributed by atoms with E-state index in [4.69, 9.17) is 4.74 Å². The fourth-order valence-corrected chi connectivity index (χ4v) is 2.68. The van der Waals surface area contributed by atoms with E-state index in [1.165, 1.54) is 16.5 Å². The maximum atomic E-state index is 5.87. The summed E-state index contributed by atoms with van der Waals surface area (Å²) < 4.78 is 8.16. The molecule has 0 bridgehead atoms. The number of nitrogens with zero attached hydrogens (tertiary/aromatic N) is 1. The van der Waals surface area contributed by atoms with Crippen LogP contribution in [0.4, 0.5) is 0 Å². The molecule has 0 spiro atoms. The van der Waals surface area contributed by atoms with Crippen molar-refractivity contribution in [1.29, 1.82) is 0 Å². The number of alkyl halides is 1. The molecule has 0 fully saturated rings. The molecular formula is C18H18BrNO. The van der Waals surface area contributed by atoms with Gasteiger partial charge in [-0.05, 0) is 36.2 Å². The number of aryl methyl sites for hydroxylation is 1. The first-order valence-electron chi connectivity index (χ1n) is 7.18. The molecule has 3 heteroatoms. The Kier molecular flexibility index (Phi) is 4.61. The van der Waals surface area contributed by atoms with Gasteiger partial charge in [-0.25, -0.2) is 0 Å². The third-order valence-electron chi connectivity index (χ3n) is 3.52. The molecule has 2 aromatic carbocycles. The van der Waals surface area contributed by atoms with Gasteiger partial charge in [0.1, 0.15) is 12.4 Å².